The molecular formula is C15H23ClN2O. The molecule has 0 aromatic heterocycles. The largest absolute Gasteiger partial charge is 0.328 e. The SMILES string of the molecule is CCN(C(=O)C1CCC(N)C1)c1cccc(C)c1.Cl. The Morgan fingerprint density at radius 2 is 2.16 bits per heavy atom. The Balaban J connectivity index is 0.00000180. The van der Waals surface area contributed by atoms with Crippen molar-refractivity contribution in [3.05, 3.63) is 29.8 Å². The summed E-state index contributed by atoms with van der Waals surface area (Å²) >= 11 is 0. The van der Waals surface area contributed by atoms with E-state index in [4.69, 9.17) is 5.73 Å². The standard InChI is InChI=1S/C15H22N2O.ClH/c1-3-17(14-6-4-5-11(2)9-14)15(18)12-7-8-13(16)10-12;/h4-6,9,12-13H,3,7-8,10,16H2,1-2H3;1H. The van der Waals surface area contributed by atoms with Crippen LogP contribution in [0.3, 0.4) is 0 Å². The lowest BCUT2D eigenvalue weighted by molar-refractivity contribution is -0.122. The molecule has 1 aliphatic rings. The summed E-state index contributed by atoms with van der Waals surface area (Å²) in [6.07, 6.45) is 2.74. The number of nitrogens with two attached hydrogens (primary N) is 1. The van der Waals surface area contributed by atoms with Gasteiger partial charge in [0.05, 0.1) is 0 Å². The summed E-state index contributed by atoms with van der Waals surface area (Å²) in [5, 5.41) is 0. The molecule has 2 unspecified atom stereocenters. The number of benzene rings is 1. The zero-order valence-corrected chi connectivity index (χ0v) is 12.5. The van der Waals surface area contributed by atoms with E-state index in [2.05, 4.69) is 6.07 Å². The van der Waals surface area contributed by atoms with Crippen LogP contribution in [0.5, 0.6) is 0 Å². The Hall–Kier alpha value is -1.06. The molecule has 4 heteroatoms. The minimum Gasteiger partial charge on any atom is -0.328 e. The first-order chi connectivity index (χ1) is 8.61. The number of carbonyl (C=O) groups is 1. The first-order valence-electron chi connectivity index (χ1n) is 6.75. The third-order valence-corrected chi connectivity index (χ3v) is 3.72. The van der Waals surface area contributed by atoms with Crippen LogP contribution < -0.4 is 10.6 Å². The number of halogens is 1. The molecule has 1 aromatic rings. The molecule has 0 spiro atoms. The van der Waals surface area contributed by atoms with Crippen molar-refractivity contribution in [3.8, 4) is 0 Å². The zero-order chi connectivity index (χ0) is 13.1. The minimum atomic E-state index is 0. The average molecular weight is 283 g/mol. The average Bonchev–Trinajstić information content (AvgIpc) is 2.77. The number of aryl methyl sites for hydroxylation is 1. The van der Waals surface area contributed by atoms with Crippen molar-refractivity contribution in [2.75, 3.05) is 11.4 Å². The molecule has 0 radical (unpaired) electrons. The van der Waals surface area contributed by atoms with Gasteiger partial charge in [0.15, 0.2) is 0 Å². The van der Waals surface area contributed by atoms with Crippen LogP contribution in [0.1, 0.15) is 31.7 Å². The lowest BCUT2D eigenvalue weighted by Gasteiger charge is -2.24. The van der Waals surface area contributed by atoms with Crippen molar-refractivity contribution in [2.24, 2.45) is 11.7 Å². The maximum atomic E-state index is 12.5. The van der Waals surface area contributed by atoms with Crippen molar-refractivity contribution in [1.82, 2.24) is 0 Å². The molecule has 1 aliphatic carbocycles. The third-order valence-electron chi connectivity index (χ3n) is 3.72. The molecule has 0 saturated heterocycles. The molecule has 1 saturated carbocycles. The van der Waals surface area contributed by atoms with E-state index >= 15 is 0 Å². The van der Waals surface area contributed by atoms with Crippen LogP contribution in [0.2, 0.25) is 0 Å². The molecule has 0 aliphatic heterocycles. The summed E-state index contributed by atoms with van der Waals surface area (Å²) in [5.74, 6) is 0.344. The van der Waals surface area contributed by atoms with Gasteiger partial charge >= 0.3 is 0 Å². The van der Waals surface area contributed by atoms with Crippen LogP contribution >= 0.6 is 12.4 Å². The first-order valence-corrected chi connectivity index (χ1v) is 6.75. The summed E-state index contributed by atoms with van der Waals surface area (Å²) < 4.78 is 0. The van der Waals surface area contributed by atoms with Crippen LogP contribution in [-0.4, -0.2) is 18.5 Å². The fourth-order valence-corrected chi connectivity index (χ4v) is 2.72. The lowest BCUT2D eigenvalue weighted by Crippen LogP contribution is -2.35. The Bertz CT molecular complexity index is 436. The molecule has 19 heavy (non-hydrogen) atoms. The number of hydrogen-bond donors (Lipinski definition) is 1. The third kappa shape index (κ3) is 3.71. The predicted octanol–water partition coefficient (Wildman–Crippen LogP) is 2.90. The molecule has 2 atom stereocenters. The molecule has 0 bridgehead atoms. The van der Waals surface area contributed by atoms with Crippen molar-refractivity contribution in [2.45, 2.75) is 39.2 Å². The van der Waals surface area contributed by atoms with E-state index in [1.165, 1.54) is 5.56 Å². The van der Waals surface area contributed by atoms with E-state index in [9.17, 15) is 4.79 Å². The van der Waals surface area contributed by atoms with Crippen molar-refractivity contribution in [3.63, 3.8) is 0 Å². The summed E-state index contributed by atoms with van der Waals surface area (Å²) in [5.41, 5.74) is 8.08. The zero-order valence-electron chi connectivity index (χ0n) is 11.6. The highest BCUT2D eigenvalue weighted by molar-refractivity contribution is 5.95. The van der Waals surface area contributed by atoms with Gasteiger partial charge in [-0.25, -0.2) is 0 Å². The van der Waals surface area contributed by atoms with E-state index in [0.717, 1.165) is 24.9 Å². The van der Waals surface area contributed by atoms with Crippen molar-refractivity contribution in [1.29, 1.82) is 0 Å². The van der Waals surface area contributed by atoms with Crippen LogP contribution in [0, 0.1) is 12.8 Å². The van der Waals surface area contributed by atoms with Gasteiger partial charge in [-0.05, 0) is 50.8 Å². The van der Waals surface area contributed by atoms with Crippen LogP contribution in [0.25, 0.3) is 0 Å². The molecule has 106 valence electrons. The number of nitrogens with zero attached hydrogens (tertiary/aromatic N) is 1. The number of amides is 1. The molecule has 0 heterocycles. The number of rotatable bonds is 3. The van der Waals surface area contributed by atoms with Crippen molar-refractivity contribution >= 4 is 24.0 Å². The van der Waals surface area contributed by atoms with Gasteiger partial charge in [0.2, 0.25) is 5.91 Å². The van der Waals surface area contributed by atoms with Crippen LogP contribution in [0.4, 0.5) is 5.69 Å². The second-order valence-corrected chi connectivity index (χ2v) is 5.19. The van der Waals surface area contributed by atoms with Gasteiger partial charge < -0.3 is 10.6 Å². The van der Waals surface area contributed by atoms with E-state index in [0.29, 0.717) is 6.54 Å². The second-order valence-electron chi connectivity index (χ2n) is 5.19. The Labute approximate surface area is 121 Å². The first kappa shape index (κ1) is 16.0. The second kappa shape index (κ2) is 6.92. The summed E-state index contributed by atoms with van der Waals surface area (Å²) in [7, 11) is 0. The fourth-order valence-electron chi connectivity index (χ4n) is 2.72. The van der Waals surface area contributed by atoms with E-state index < -0.39 is 0 Å². The molecule has 2 rings (SSSR count). The predicted molar refractivity (Wildman–Crippen MR) is 81.8 cm³/mol. The number of hydrogen-bond acceptors (Lipinski definition) is 2. The summed E-state index contributed by atoms with van der Waals surface area (Å²) in [6, 6.07) is 8.32. The molecule has 3 nitrogen and oxygen atoms in total. The maximum absolute atomic E-state index is 12.5. The highest BCUT2D eigenvalue weighted by Gasteiger charge is 2.31. The lowest BCUT2D eigenvalue weighted by atomic mass is 10.1. The summed E-state index contributed by atoms with van der Waals surface area (Å²) in [6.45, 7) is 4.79. The fraction of sp³-hybridized carbons (Fsp3) is 0.533. The monoisotopic (exact) mass is 282 g/mol. The Kier molecular flexibility index (Phi) is 5.83. The van der Waals surface area contributed by atoms with Crippen molar-refractivity contribution < 1.29 is 4.79 Å². The van der Waals surface area contributed by atoms with Crippen LogP contribution in [0.15, 0.2) is 24.3 Å². The van der Waals surface area contributed by atoms with Gasteiger partial charge in [-0.2, -0.15) is 0 Å². The molecular weight excluding hydrogens is 260 g/mol. The number of anilines is 1. The van der Waals surface area contributed by atoms with E-state index in [1.807, 2.05) is 36.9 Å². The smallest absolute Gasteiger partial charge is 0.230 e. The molecule has 2 N–H and O–H groups in total. The quantitative estimate of drug-likeness (QED) is 0.927. The highest BCUT2D eigenvalue weighted by atomic mass is 35.5. The van der Waals surface area contributed by atoms with Gasteiger partial charge in [0.1, 0.15) is 0 Å². The van der Waals surface area contributed by atoms with Gasteiger partial charge in [-0.15, -0.1) is 12.4 Å². The van der Waals surface area contributed by atoms with E-state index in [1.54, 1.807) is 0 Å². The van der Waals surface area contributed by atoms with Gasteiger partial charge in [-0.3, -0.25) is 4.79 Å². The highest BCUT2D eigenvalue weighted by Crippen LogP contribution is 2.28. The minimum absolute atomic E-state index is 0. The normalized spacial score (nSPS) is 21.8. The van der Waals surface area contributed by atoms with Crippen LogP contribution in [-0.2, 0) is 4.79 Å². The summed E-state index contributed by atoms with van der Waals surface area (Å²) in [4.78, 5) is 14.4. The van der Waals surface area contributed by atoms with Gasteiger partial charge in [0.25, 0.3) is 0 Å². The Morgan fingerprint density at radius 3 is 2.68 bits per heavy atom. The number of carbonyl (C=O) groups excluding carboxylic acids is 1. The van der Waals surface area contributed by atoms with Gasteiger partial charge in [-0.1, -0.05) is 12.1 Å². The Morgan fingerprint density at radius 1 is 1.42 bits per heavy atom. The molecule has 1 aromatic carbocycles. The molecule has 1 amide bonds. The topological polar surface area (TPSA) is 46.3 Å². The maximum Gasteiger partial charge on any atom is 0.230 e. The van der Waals surface area contributed by atoms with E-state index in [-0.39, 0.29) is 30.3 Å². The van der Waals surface area contributed by atoms with Gasteiger partial charge in [0, 0.05) is 24.2 Å². The molecule has 1 fully saturated rings.